The predicted octanol–water partition coefficient (Wildman–Crippen LogP) is 4.16. The number of rotatable bonds is 8. The van der Waals surface area contributed by atoms with Gasteiger partial charge in [0.15, 0.2) is 5.13 Å². The van der Waals surface area contributed by atoms with Gasteiger partial charge in [0.25, 0.3) is 10.0 Å². The quantitative estimate of drug-likeness (QED) is 0.425. The van der Waals surface area contributed by atoms with Gasteiger partial charge in [0.05, 0.1) is 16.8 Å². The fourth-order valence-electron chi connectivity index (χ4n) is 3.97. The summed E-state index contributed by atoms with van der Waals surface area (Å²) in [5, 5.41) is 2.74. The van der Waals surface area contributed by atoms with Crippen LogP contribution in [0.1, 0.15) is 19.3 Å². The molecule has 3 heterocycles. The number of likely N-dealkylation sites (N-methyl/N-ethyl adjacent to an activating group) is 1. The van der Waals surface area contributed by atoms with Gasteiger partial charge in [-0.15, -0.1) is 11.3 Å². The van der Waals surface area contributed by atoms with Gasteiger partial charge in [0.1, 0.15) is 21.5 Å². The molecule has 8 nitrogen and oxygen atoms in total. The van der Waals surface area contributed by atoms with Crippen LogP contribution in [-0.2, 0) is 14.8 Å². The summed E-state index contributed by atoms with van der Waals surface area (Å²) in [6.45, 7) is 1.28. The minimum absolute atomic E-state index is 0.253. The first-order valence-corrected chi connectivity index (χ1v) is 14.4. The smallest absolute Gasteiger partial charge is 0.253 e. The van der Waals surface area contributed by atoms with E-state index in [-0.39, 0.29) is 10.1 Å². The Bertz CT molecular complexity index is 1260. The molecule has 1 saturated heterocycles. The fourth-order valence-corrected chi connectivity index (χ4v) is 8.02. The van der Waals surface area contributed by atoms with Gasteiger partial charge in [-0.25, -0.2) is 13.4 Å². The first-order valence-electron chi connectivity index (χ1n) is 10.9. The number of fused-ring (bicyclic) bond motifs is 1. The number of nitrogens with zero attached hydrogens (tertiary/aromatic N) is 4. The van der Waals surface area contributed by atoms with E-state index in [1.54, 1.807) is 41.7 Å². The number of ether oxygens (including phenoxy) is 1. The average molecular weight is 543 g/mol. The van der Waals surface area contributed by atoms with Crippen LogP contribution in [0.5, 0.6) is 5.75 Å². The minimum atomic E-state index is -3.77. The zero-order valence-electron chi connectivity index (χ0n) is 19.2. The molecule has 1 amide bonds. The molecule has 1 fully saturated rings. The second-order valence-electron chi connectivity index (χ2n) is 8.28. The van der Waals surface area contributed by atoms with Crippen LogP contribution < -0.4 is 9.64 Å². The maximum Gasteiger partial charge on any atom is 0.253 e. The Morgan fingerprint density at radius 2 is 2.06 bits per heavy atom. The summed E-state index contributed by atoms with van der Waals surface area (Å²) < 4.78 is 34.5. The van der Waals surface area contributed by atoms with Crippen molar-refractivity contribution < 1.29 is 17.9 Å². The maximum atomic E-state index is 14.0. The number of carbonyl (C=O) groups is 1. The maximum absolute atomic E-state index is 14.0. The van der Waals surface area contributed by atoms with Crippen LogP contribution in [0, 0.1) is 0 Å². The Morgan fingerprint density at radius 3 is 2.74 bits per heavy atom. The molecule has 1 aromatic carbocycles. The molecule has 34 heavy (non-hydrogen) atoms. The summed E-state index contributed by atoms with van der Waals surface area (Å²) in [4.78, 5) is 22.2. The Hall–Kier alpha value is -1.76. The highest BCUT2D eigenvalue weighted by atomic mass is 35.5. The molecule has 2 aromatic heterocycles. The molecule has 0 N–H and O–H groups in total. The summed E-state index contributed by atoms with van der Waals surface area (Å²) >= 11 is 8.89. The zero-order valence-corrected chi connectivity index (χ0v) is 22.4. The predicted molar refractivity (Wildman–Crippen MR) is 138 cm³/mol. The molecule has 0 radical (unpaired) electrons. The molecular formula is C22H27ClN4O4S3. The van der Waals surface area contributed by atoms with E-state index >= 15 is 0 Å². The monoisotopic (exact) mass is 542 g/mol. The van der Waals surface area contributed by atoms with Crippen molar-refractivity contribution in [3.63, 3.8) is 0 Å². The molecule has 0 saturated carbocycles. The van der Waals surface area contributed by atoms with Crippen molar-refractivity contribution in [2.45, 2.75) is 29.5 Å². The van der Waals surface area contributed by atoms with E-state index < -0.39 is 16.1 Å². The summed E-state index contributed by atoms with van der Waals surface area (Å²) in [7, 11) is 1.65. The lowest BCUT2D eigenvalue weighted by Crippen LogP contribution is -2.53. The number of methoxy groups -OCH3 is 1. The molecule has 0 spiro atoms. The van der Waals surface area contributed by atoms with E-state index in [1.165, 1.54) is 15.6 Å². The third kappa shape index (κ3) is 4.95. The van der Waals surface area contributed by atoms with Crippen LogP contribution in [0.15, 0.2) is 33.9 Å². The highest BCUT2D eigenvalue weighted by Crippen LogP contribution is 2.39. The van der Waals surface area contributed by atoms with Crippen molar-refractivity contribution in [3.8, 4) is 5.75 Å². The average Bonchev–Trinajstić information content (AvgIpc) is 3.51. The van der Waals surface area contributed by atoms with Gasteiger partial charge >= 0.3 is 0 Å². The summed E-state index contributed by atoms with van der Waals surface area (Å²) in [5.74, 6) is 0.303. The molecule has 4 rings (SSSR count). The Morgan fingerprint density at radius 1 is 1.26 bits per heavy atom. The first-order chi connectivity index (χ1) is 16.2. The normalized spacial score (nSPS) is 17.4. The number of benzene rings is 1. The van der Waals surface area contributed by atoms with Gasteiger partial charge < -0.3 is 9.64 Å². The Kier molecular flexibility index (Phi) is 7.80. The van der Waals surface area contributed by atoms with Crippen molar-refractivity contribution in [2.24, 2.45) is 0 Å². The van der Waals surface area contributed by atoms with Gasteiger partial charge in [-0.2, -0.15) is 4.31 Å². The summed E-state index contributed by atoms with van der Waals surface area (Å²) in [6.07, 6.45) is 1.98. The van der Waals surface area contributed by atoms with Gasteiger partial charge in [-0.3, -0.25) is 9.69 Å². The SMILES string of the molecule is COc1ccc(Cl)c2sc(N(CCN(C)C)C(=O)C3CCCCN3S(=O)(=O)c3cccs3)nc12. The number of piperidine rings is 1. The fraction of sp³-hybridized carbons (Fsp3) is 0.455. The molecule has 184 valence electrons. The highest BCUT2D eigenvalue weighted by Gasteiger charge is 2.40. The largest absolute Gasteiger partial charge is 0.494 e. The number of hydrogen-bond acceptors (Lipinski definition) is 8. The summed E-state index contributed by atoms with van der Waals surface area (Å²) in [5.41, 5.74) is 0.587. The van der Waals surface area contributed by atoms with Crippen LogP contribution in [0.4, 0.5) is 5.13 Å². The molecule has 0 aliphatic carbocycles. The lowest BCUT2D eigenvalue weighted by molar-refractivity contribution is -0.123. The van der Waals surface area contributed by atoms with Crippen molar-refractivity contribution >= 4 is 65.6 Å². The second kappa shape index (κ2) is 10.5. The van der Waals surface area contributed by atoms with Gasteiger partial charge in [0, 0.05) is 19.6 Å². The minimum Gasteiger partial charge on any atom is -0.494 e. The zero-order chi connectivity index (χ0) is 24.5. The van der Waals surface area contributed by atoms with E-state index in [0.29, 0.717) is 47.5 Å². The number of carbonyl (C=O) groups excluding carboxylic acids is 1. The number of sulfonamides is 1. The molecule has 1 aliphatic rings. The Labute approximate surface area is 212 Å². The molecule has 3 aromatic rings. The van der Waals surface area contributed by atoms with Crippen molar-refractivity contribution in [1.82, 2.24) is 14.2 Å². The van der Waals surface area contributed by atoms with E-state index in [4.69, 9.17) is 21.3 Å². The number of anilines is 1. The third-order valence-electron chi connectivity index (χ3n) is 5.73. The number of amides is 1. The number of thiophene rings is 1. The molecule has 12 heteroatoms. The molecule has 0 bridgehead atoms. The highest BCUT2D eigenvalue weighted by molar-refractivity contribution is 7.91. The summed E-state index contributed by atoms with van der Waals surface area (Å²) in [6, 6.07) is 6.00. The molecule has 1 aliphatic heterocycles. The lowest BCUT2D eigenvalue weighted by Gasteiger charge is -2.36. The molecule has 1 atom stereocenters. The topological polar surface area (TPSA) is 83.0 Å². The van der Waals surface area contributed by atoms with E-state index in [2.05, 4.69) is 0 Å². The van der Waals surface area contributed by atoms with Crippen LogP contribution >= 0.6 is 34.3 Å². The van der Waals surface area contributed by atoms with Gasteiger partial charge in [0.2, 0.25) is 5.91 Å². The first kappa shape index (κ1) is 25.3. The van der Waals surface area contributed by atoms with E-state index in [0.717, 1.165) is 28.9 Å². The van der Waals surface area contributed by atoms with Gasteiger partial charge in [-0.1, -0.05) is 35.4 Å². The van der Waals surface area contributed by atoms with Gasteiger partial charge in [-0.05, 0) is 50.5 Å². The number of aromatic nitrogens is 1. The van der Waals surface area contributed by atoms with Crippen LogP contribution in [0.3, 0.4) is 0 Å². The number of halogens is 1. The lowest BCUT2D eigenvalue weighted by atomic mass is 10.0. The molecular weight excluding hydrogens is 516 g/mol. The number of hydrogen-bond donors (Lipinski definition) is 0. The standard InChI is InChI=1S/C22H27ClN4O4S3/c1-25(2)12-13-26(22-24-19-17(31-3)10-9-15(23)20(19)33-22)21(28)16-7-4-5-11-27(16)34(29,30)18-8-6-14-32-18/h6,8-10,14,16H,4-5,7,11-13H2,1-3H3. The second-order valence-corrected chi connectivity index (χ2v) is 12.7. The third-order valence-corrected chi connectivity index (χ3v) is 10.6. The molecule has 1 unspecified atom stereocenters. The van der Waals surface area contributed by atoms with Crippen molar-refractivity contribution in [3.05, 3.63) is 34.7 Å². The van der Waals surface area contributed by atoms with Crippen molar-refractivity contribution in [1.29, 1.82) is 0 Å². The number of thiazole rings is 1. The van der Waals surface area contributed by atoms with Crippen molar-refractivity contribution in [2.75, 3.05) is 45.7 Å². The van der Waals surface area contributed by atoms with E-state index in [1.807, 2.05) is 19.0 Å². The van der Waals surface area contributed by atoms with Crippen LogP contribution in [0.25, 0.3) is 10.2 Å². The Balaban J connectivity index is 1.74. The van der Waals surface area contributed by atoms with E-state index in [9.17, 15) is 13.2 Å². The van der Waals surface area contributed by atoms with Crippen LogP contribution in [-0.4, -0.2) is 75.4 Å². The van der Waals surface area contributed by atoms with Crippen LogP contribution in [0.2, 0.25) is 5.02 Å².